The largest absolute Gasteiger partial charge is 0.479 e. The molecule has 1 saturated heterocycles. The maximum absolute atomic E-state index is 13.8. The Morgan fingerprint density at radius 3 is 2.41 bits per heavy atom. The lowest BCUT2D eigenvalue weighted by molar-refractivity contribution is -0.200. The van der Waals surface area contributed by atoms with Gasteiger partial charge in [-0.25, -0.2) is 22.8 Å². The SMILES string of the molecule is O=C(OCc1ccccc1)N1CCC(F)(C(=O)O)C(F)(F)C1. The Labute approximate surface area is 124 Å². The van der Waals surface area contributed by atoms with E-state index in [4.69, 9.17) is 9.84 Å². The van der Waals surface area contributed by atoms with E-state index in [-0.39, 0.29) is 6.61 Å². The molecule has 0 aliphatic carbocycles. The molecule has 1 heterocycles. The van der Waals surface area contributed by atoms with Crippen LogP contribution in [0, 0.1) is 0 Å². The Balaban J connectivity index is 1.97. The van der Waals surface area contributed by atoms with Gasteiger partial charge in [-0.3, -0.25) is 0 Å². The Hall–Kier alpha value is -2.25. The lowest BCUT2D eigenvalue weighted by Crippen LogP contribution is -2.62. The van der Waals surface area contributed by atoms with E-state index >= 15 is 0 Å². The molecule has 1 aromatic rings. The van der Waals surface area contributed by atoms with Crippen LogP contribution in [-0.2, 0) is 16.1 Å². The molecule has 2 rings (SSSR count). The van der Waals surface area contributed by atoms with Crippen molar-refractivity contribution in [3.05, 3.63) is 35.9 Å². The fraction of sp³-hybridized carbons (Fsp3) is 0.429. The molecule has 1 aromatic carbocycles. The quantitative estimate of drug-likeness (QED) is 0.930. The van der Waals surface area contributed by atoms with Gasteiger partial charge in [-0.2, -0.15) is 0 Å². The zero-order valence-corrected chi connectivity index (χ0v) is 11.5. The number of rotatable bonds is 3. The smallest absolute Gasteiger partial charge is 0.410 e. The maximum Gasteiger partial charge on any atom is 0.410 e. The van der Waals surface area contributed by atoms with E-state index in [1.54, 1.807) is 30.3 Å². The fourth-order valence-electron chi connectivity index (χ4n) is 2.15. The second kappa shape index (κ2) is 5.86. The lowest BCUT2D eigenvalue weighted by Gasteiger charge is -2.39. The zero-order valence-electron chi connectivity index (χ0n) is 11.5. The minimum atomic E-state index is -4.18. The average molecular weight is 317 g/mol. The Bertz CT molecular complexity index is 566. The van der Waals surface area contributed by atoms with Crippen molar-refractivity contribution < 1.29 is 32.6 Å². The van der Waals surface area contributed by atoms with Crippen LogP contribution in [0.25, 0.3) is 0 Å². The molecule has 1 N–H and O–H groups in total. The second-order valence-corrected chi connectivity index (χ2v) is 5.02. The summed E-state index contributed by atoms with van der Waals surface area (Å²) in [5.74, 6) is -6.40. The number of carbonyl (C=O) groups is 2. The molecule has 0 saturated carbocycles. The number of carboxylic acids is 1. The summed E-state index contributed by atoms with van der Waals surface area (Å²) in [7, 11) is 0. The number of likely N-dealkylation sites (tertiary alicyclic amines) is 1. The number of nitrogens with zero attached hydrogens (tertiary/aromatic N) is 1. The predicted molar refractivity (Wildman–Crippen MR) is 69.2 cm³/mol. The van der Waals surface area contributed by atoms with Crippen LogP contribution in [0.4, 0.5) is 18.0 Å². The molecule has 5 nitrogen and oxygen atoms in total. The molecule has 0 aromatic heterocycles. The lowest BCUT2D eigenvalue weighted by atomic mass is 9.89. The third-order valence-electron chi connectivity index (χ3n) is 3.50. The predicted octanol–water partition coefficient (Wildman–Crippen LogP) is 2.46. The zero-order chi connectivity index (χ0) is 16.4. The summed E-state index contributed by atoms with van der Waals surface area (Å²) in [5.41, 5.74) is -2.99. The minimum absolute atomic E-state index is 0.110. The summed E-state index contributed by atoms with van der Waals surface area (Å²) < 4.78 is 46.1. The van der Waals surface area contributed by atoms with Crippen molar-refractivity contribution in [2.75, 3.05) is 13.1 Å². The normalized spacial score (nSPS) is 23.9. The molecule has 22 heavy (non-hydrogen) atoms. The van der Waals surface area contributed by atoms with Crippen molar-refractivity contribution in [2.24, 2.45) is 0 Å². The van der Waals surface area contributed by atoms with Crippen LogP contribution in [-0.4, -0.2) is 46.7 Å². The van der Waals surface area contributed by atoms with Gasteiger partial charge in [0.25, 0.3) is 5.67 Å². The summed E-state index contributed by atoms with van der Waals surface area (Å²) in [6.45, 7) is -1.89. The molecule has 1 aliphatic heterocycles. The minimum Gasteiger partial charge on any atom is -0.479 e. The van der Waals surface area contributed by atoms with E-state index in [0.717, 1.165) is 0 Å². The molecule has 1 fully saturated rings. The van der Waals surface area contributed by atoms with Crippen molar-refractivity contribution >= 4 is 12.1 Å². The van der Waals surface area contributed by atoms with Crippen LogP contribution in [0.5, 0.6) is 0 Å². The van der Waals surface area contributed by atoms with E-state index < -0.39 is 43.2 Å². The highest BCUT2D eigenvalue weighted by Gasteiger charge is 2.64. The first-order valence-corrected chi connectivity index (χ1v) is 6.52. The summed E-state index contributed by atoms with van der Waals surface area (Å²) in [6, 6.07) is 8.60. The number of alkyl halides is 3. The van der Waals surface area contributed by atoms with Crippen molar-refractivity contribution in [3.63, 3.8) is 0 Å². The van der Waals surface area contributed by atoms with Gasteiger partial charge < -0.3 is 14.7 Å². The molecular formula is C14H14F3NO4. The molecule has 0 spiro atoms. The first-order chi connectivity index (χ1) is 10.3. The number of carboxylic acid groups (broad SMARTS) is 1. The van der Waals surface area contributed by atoms with Crippen LogP contribution < -0.4 is 0 Å². The van der Waals surface area contributed by atoms with E-state index in [0.29, 0.717) is 10.5 Å². The fourth-order valence-corrected chi connectivity index (χ4v) is 2.15. The Morgan fingerprint density at radius 2 is 1.86 bits per heavy atom. The van der Waals surface area contributed by atoms with E-state index in [1.807, 2.05) is 0 Å². The van der Waals surface area contributed by atoms with Crippen LogP contribution in [0.2, 0.25) is 0 Å². The van der Waals surface area contributed by atoms with Gasteiger partial charge in [-0.15, -0.1) is 0 Å². The number of aliphatic carboxylic acids is 1. The van der Waals surface area contributed by atoms with Gasteiger partial charge in [-0.05, 0) is 5.56 Å². The van der Waals surface area contributed by atoms with Crippen molar-refractivity contribution in [3.8, 4) is 0 Å². The molecular weight excluding hydrogens is 303 g/mol. The van der Waals surface area contributed by atoms with Crippen molar-refractivity contribution in [1.29, 1.82) is 0 Å². The van der Waals surface area contributed by atoms with Crippen molar-refractivity contribution in [1.82, 2.24) is 4.90 Å². The molecule has 0 radical (unpaired) electrons. The van der Waals surface area contributed by atoms with E-state index in [9.17, 15) is 22.8 Å². The van der Waals surface area contributed by atoms with Gasteiger partial charge in [0, 0.05) is 13.0 Å². The summed E-state index contributed by atoms with van der Waals surface area (Å²) in [4.78, 5) is 23.0. The highest BCUT2D eigenvalue weighted by atomic mass is 19.3. The number of benzene rings is 1. The molecule has 1 atom stereocenters. The molecule has 0 bridgehead atoms. The first kappa shape index (κ1) is 16.1. The number of piperidine rings is 1. The number of hydrogen-bond donors (Lipinski definition) is 1. The first-order valence-electron chi connectivity index (χ1n) is 6.52. The van der Waals surface area contributed by atoms with Crippen LogP contribution in [0.15, 0.2) is 30.3 Å². The van der Waals surface area contributed by atoms with Crippen LogP contribution >= 0.6 is 0 Å². The number of amides is 1. The third kappa shape index (κ3) is 3.00. The Morgan fingerprint density at radius 1 is 1.23 bits per heavy atom. The number of hydrogen-bond acceptors (Lipinski definition) is 3. The van der Waals surface area contributed by atoms with Gasteiger partial charge in [-0.1, -0.05) is 30.3 Å². The third-order valence-corrected chi connectivity index (χ3v) is 3.50. The number of halogens is 3. The summed E-state index contributed by atoms with van der Waals surface area (Å²) in [6.07, 6.45) is -2.02. The number of carbonyl (C=O) groups excluding carboxylic acids is 1. The Kier molecular flexibility index (Phi) is 4.30. The average Bonchev–Trinajstić information content (AvgIpc) is 2.48. The monoisotopic (exact) mass is 317 g/mol. The van der Waals surface area contributed by atoms with E-state index in [2.05, 4.69) is 0 Å². The molecule has 120 valence electrons. The van der Waals surface area contributed by atoms with E-state index in [1.165, 1.54) is 0 Å². The van der Waals surface area contributed by atoms with Gasteiger partial charge in [0.1, 0.15) is 6.61 Å². The van der Waals surface area contributed by atoms with Crippen LogP contribution in [0.1, 0.15) is 12.0 Å². The summed E-state index contributed by atoms with van der Waals surface area (Å²) in [5, 5.41) is 8.62. The second-order valence-electron chi connectivity index (χ2n) is 5.02. The molecule has 1 amide bonds. The van der Waals surface area contributed by atoms with Gasteiger partial charge in [0.2, 0.25) is 0 Å². The standard InChI is InChI=1S/C14H14F3NO4/c15-13(11(19)20)6-7-18(9-14(13,16)17)12(21)22-8-10-4-2-1-3-5-10/h1-5H,6-9H2,(H,19,20). The van der Waals surface area contributed by atoms with Gasteiger partial charge in [0.05, 0.1) is 6.54 Å². The maximum atomic E-state index is 13.8. The van der Waals surface area contributed by atoms with Crippen LogP contribution in [0.3, 0.4) is 0 Å². The number of ether oxygens (including phenoxy) is 1. The molecule has 8 heteroatoms. The highest BCUT2D eigenvalue weighted by Crippen LogP contribution is 2.40. The molecule has 1 aliphatic rings. The topological polar surface area (TPSA) is 66.8 Å². The summed E-state index contributed by atoms with van der Waals surface area (Å²) >= 11 is 0. The van der Waals surface area contributed by atoms with Gasteiger partial charge >= 0.3 is 18.0 Å². The highest BCUT2D eigenvalue weighted by molar-refractivity contribution is 5.80. The van der Waals surface area contributed by atoms with Crippen molar-refractivity contribution in [2.45, 2.75) is 24.6 Å². The molecule has 1 unspecified atom stereocenters. The van der Waals surface area contributed by atoms with Gasteiger partial charge in [0.15, 0.2) is 0 Å².